The molecule has 1 aromatic carbocycles. The van der Waals surface area contributed by atoms with Crippen LogP contribution in [0.1, 0.15) is 19.3 Å². The largest absolute Gasteiger partial charge is 0.495 e. The monoisotopic (exact) mass is 300 g/mol. The van der Waals surface area contributed by atoms with Crippen molar-refractivity contribution in [1.82, 2.24) is 4.72 Å². The zero-order valence-electron chi connectivity index (χ0n) is 11.5. The van der Waals surface area contributed by atoms with Crippen molar-refractivity contribution in [3.05, 3.63) is 18.2 Å². The standard InChI is InChI=1S/C13H20N2O4S/c1-18-13-8-11(5-6-12(13)14)20(16,17)15-9-10-4-2-3-7-19-10/h5-6,8,10,15H,2-4,7,9,14H2,1H3. The molecule has 1 fully saturated rings. The molecule has 20 heavy (non-hydrogen) atoms. The molecular formula is C13H20N2O4S. The second kappa shape index (κ2) is 6.43. The summed E-state index contributed by atoms with van der Waals surface area (Å²) in [7, 11) is -2.12. The van der Waals surface area contributed by atoms with Crippen molar-refractivity contribution in [2.24, 2.45) is 0 Å². The number of hydrogen-bond acceptors (Lipinski definition) is 5. The highest BCUT2D eigenvalue weighted by molar-refractivity contribution is 7.89. The molecule has 1 saturated heterocycles. The fourth-order valence-electron chi connectivity index (χ4n) is 2.11. The normalized spacial score (nSPS) is 19.8. The third-order valence-electron chi connectivity index (χ3n) is 3.29. The summed E-state index contributed by atoms with van der Waals surface area (Å²) < 4.78 is 37.5. The number of benzene rings is 1. The summed E-state index contributed by atoms with van der Waals surface area (Å²) in [6.07, 6.45) is 2.95. The number of nitrogens with two attached hydrogens (primary N) is 1. The molecule has 1 unspecified atom stereocenters. The number of rotatable bonds is 5. The van der Waals surface area contributed by atoms with Gasteiger partial charge in [-0.2, -0.15) is 0 Å². The Labute approximate surface area is 119 Å². The molecule has 7 heteroatoms. The predicted octanol–water partition coefficient (Wildman–Crippen LogP) is 1.12. The molecule has 1 heterocycles. The minimum Gasteiger partial charge on any atom is -0.495 e. The number of methoxy groups -OCH3 is 1. The second-order valence-corrected chi connectivity index (χ2v) is 6.51. The summed E-state index contributed by atoms with van der Waals surface area (Å²) in [6.45, 7) is 0.983. The molecule has 0 aromatic heterocycles. The molecule has 0 saturated carbocycles. The molecule has 1 aliphatic heterocycles. The maximum Gasteiger partial charge on any atom is 0.240 e. The smallest absolute Gasteiger partial charge is 0.240 e. The lowest BCUT2D eigenvalue weighted by Crippen LogP contribution is -2.35. The Morgan fingerprint density at radius 3 is 2.90 bits per heavy atom. The number of anilines is 1. The van der Waals surface area contributed by atoms with E-state index in [1.54, 1.807) is 0 Å². The van der Waals surface area contributed by atoms with Crippen molar-refractivity contribution < 1.29 is 17.9 Å². The highest BCUT2D eigenvalue weighted by Crippen LogP contribution is 2.24. The molecule has 6 nitrogen and oxygen atoms in total. The van der Waals surface area contributed by atoms with Crippen molar-refractivity contribution in [3.63, 3.8) is 0 Å². The maximum atomic E-state index is 12.2. The van der Waals surface area contributed by atoms with Gasteiger partial charge in [0, 0.05) is 19.2 Å². The zero-order valence-corrected chi connectivity index (χ0v) is 12.3. The van der Waals surface area contributed by atoms with Crippen LogP contribution in [0.4, 0.5) is 5.69 Å². The van der Waals surface area contributed by atoms with Crippen LogP contribution in [0.15, 0.2) is 23.1 Å². The lowest BCUT2D eigenvalue weighted by Gasteiger charge is -2.22. The fraction of sp³-hybridized carbons (Fsp3) is 0.538. The number of nitrogen functional groups attached to an aromatic ring is 1. The Morgan fingerprint density at radius 2 is 2.25 bits per heavy atom. The van der Waals surface area contributed by atoms with Crippen molar-refractivity contribution in [3.8, 4) is 5.75 Å². The number of sulfonamides is 1. The molecule has 0 aliphatic carbocycles. The van der Waals surface area contributed by atoms with Gasteiger partial charge < -0.3 is 15.2 Å². The van der Waals surface area contributed by atoms with E-state index in [1.807, 2.05) is 0 Å². The number of ether oxygens (including phenoxy) is 2. The molecule has 1 atom stereocenters. The SMILES string of the molecule is COc1cc(S(=O)(=O)NCC2CCCCO2)ccc1N. The van der Waals surface area contributed by atoms with Gasteiger partial charge in [-0.05, 0) is 31.4 Å². The van der Waals surface area contributed by atoms with Gasteiger partial charge in [0.05, 0.1) is 23.8 Å². The molecule has 0 bridgehead atoms. The van der Waals surface area contributed by atoms with E-state index in [2.05, 4.69) is 4.72 Å². The van der Waals surface area contributed by atoms with Crippen LogP contribution in [0, 0.1) is 0 Å². The number of hydrogen-bond donors (Lipinski definition) is 2. The molecule has 3 N–H and O–H groups in total. The highest BCUT2D eigenvalue weighted by Gasteiger charge is 2.20. The Morgan fingerprint density at radius 1 is 1.45 bits per heavy atom. The predicted molar refractivity (Wildman–Crippen MR) is 76.2 cm³/mol. The Hall–Kier alpha value is -1.31. The van der Waals surface area contributed by atoms with Crippen LogP contribution in [-0.2, 0) is 14.8 Å². The molecule has 2 rings (SSSR count). The Bertz CT molecular complexity index is 553. The summed E-state index contributed by atoms with van der Waals surface area (Å²) in [5.41, 5.74) is 6.08. The Kier molecular flexibility index (Phi) is 4.85. The molecule has 0 spiro atoms. The van der Waals surface area contributed by atoms with Gasteiger partial charge in [-0.15, -0.1) is 0 Å². The molecule has 0 radical (unpaired) electrons. The van der Waals surface area contributed by atoms with Crippen LogP contribution >= 0.6 is 0 Å². The first kappa shape index (κ1) is 15.1. The fourth-order valence-corrected chi connectivity index (χ4v) is 3.19. The maximum absolute atomic E-state index is 12.2. The van der Waals surface area contributed by atoms with Gasteiger partial charge in [0.25, 0.3) is 0 Å². The third-order valence-corrected chi connectivity index (χ3v) is 4.71. The van der Waals surface area contributed by atoms with Gasteiger partial charge in [0.2, 0.25) is 10.0 Å². The summed E-state index contributed by atoms with van der Waals surface area (Å²) in [6, 6.07) is 4.39. The third kappa shape index (κ3) is 3.62. The Balaban J connectivity index is 2.05. The summed E-state index contributed by atoms with van der Waals surface area (Å²) >= 11 is 0. The van der Waals surface area contributed by atoms with Gasteiger partial charge in [0.15, 0.2) is 0 Å². The zero-order chi connectivity index (χ0) is 14.6. The molecule has 1 aromatic rings. The lowest BCUT2D eigenvalue weighted by atomic mass is 10.1. The topological polar surface area (TPSA) is 90.7 Å². The van der Waals surface area contributed by atoms with Crippen LogP contribution in [0.3, 0.4) is 0 Å². The minimum atomic E-state index is -3.57. The summed E-state index contributed by atoms with van der Waals surface area (Å²) in [5, 5.41) is 0. The van der Waals surface area contributed by atoms with Crippen LogP contribution in [0.2, 0.25) is 0 Å². The van der Waals surface area contributed by atoms with Gasteiger partial charge >= 0.3 is 0 Å². The average molecular weight is 300 g/mol. The van der Waals surface area contributed by atoms with E-state index >= 15 is 0 Å². The lowest BCUT2D eigenvalue weighted by molar-refractivity contribution is 0.0200. The second-order valence-electron chi connectivity index (χ2n) is 4.74. The molecular weight excluding hydrogens is 280 g/mol. The summed E-state index contributed by atoms with van der Waals surface area (Å²) in [4.78, 5) is 0.138. The first-order valence-electron chi connectivity index (χ1n) is 6.58. The average Bonchev–Trinajstić information content (AvgIpc) is 2.46. The summed E-state index contributed by atoms with van der Waals surface area (Å²) in [5.74, 6) is 0.349. The first-order chi connectivity index (χ1) is 9.53. The number of nitrogens with one attached hydrogen (secondary N) is 1. The van der Waals surface area contributed by atoms with Crippen LogP contribution in [0.25, 0.3) is 0 Å². The van der Waals surface area contributed by atoms with Gasteiger partial charge in [-0.25, -0.2) is 13.1 Å². The molecule has 1 aliphatic rings. The van der Waals surface area contributed by atoms with Crippen molar-refractivity contribution >= 4 is 15.7 Å². The highest BCUT2D eigenvalue weighted by atomic mass is 32.2. The van der Waals surface area contributed by atoms with E-state index in [-0.39, 0.29) is 17.5 Å². The van der Waals surface area contributed by atoms with Crippen molar-refractivity contribution in [2.75, 3.05) is 26.0 Å². The van der Waals surface area contributed by atoms with Gasteiger partial charge in [0.1, 0.15) is 5.75 Å². The van der Waals surface area contributed by atoms with E-state index in [0.29, 0.717) is 18.0 Å². The van der Waals surface area contributed by atoms with Gasteiger partial charge in [-0.3, -0.25) is 0 Å². The van der Waals surface area contributed by atoms with Crippen molar-refractivity contribution in [2.45, 2.75) is 30.3 Å². The quantitative estimate of drug-likeness (QED) is 0.795. The molecule has 112 valence electrons. The van der Waals surface area contributed by atoms with E-state index in [4.69, 9.17) is 15.2 Å². The van der Waals surface area contributed by atoms with E-state index in [0.717, 1.165) is 19.3 Å². The van der Waals surface area contributed by atoms with Crippen LogP contribution in [-0.4, -0.2) is 34.8 Å². The van der Waals surface area contributed by atoms with Crippen molar-refractivity contribution in [1.29, 1.82) is 0 Å². The molecule has 0 amide bonds. The first-order valence-corrected chi connectivity index (χ1v) is 8.06. The van der Waals surface area contributed by atoms with E-state index < -0.39 is 10.0 Å². The van der Waals surface area contributed by atoms with Crippen LogP contribution in [0.5, 0.6) is 5.75 Å². The minimum absolute atomic E-state index is 0.0470. The van der Waals surface area contributed by atoms with Crippen LogP contribution < -0.4 is 15.2 Å². The van der Waals surface area contributed by atoms with E-state index in [9.17, 15) is 8.42 Å². The van der Waals surface area contributed by atoms with E-state index in [1.165, 1.54) is 25.3 Å². The van der Waals surface area contributed by atoms with Gasteiger partial charge in [-0.1, -0.05) is 0 Å².